The molecule has 0 aromatic carbocycles. The molecule has 0 aromatic rings. The van der Waals surface area contributed by atoms with E-state index in [1.54, 1.807) is 0 Å². The van der Waals surface area contributed by atoms with Crippen LogP contribution in [0.3, 0.4) is 0 Å². The lowest BCUT2D eigenvalue weighted by Gasteiger charge is -2.42. The third-order valence-electron chi connectivity index (χ3n) is 5.86. The molecule has 3 rings (SSSR count). The molecule has 1 saturated heterocycles. The van der Waals surface area contributed by atoms with Crippen LogP contribution in [0.25, 0.3) is 0 Å². The van der Waals surface area contributed by atoms with Crippen molar-refractivity contribution in [1.82, 2.24) is 5.32 Å². The van der Waals surface area contributed by atoms with E-state index in [0.29, 0.717) is 5.41 Å². The highest BCUT2D eigenvalue weighted by atomic mass is 16.5. The van der Waals surface area contributed by atoms with Crippen molar-refractivity contribution in [3.05, 3.63) is 0 Å². The van der Waals surface area contributed by atoms with Gasteiger partial charge in [0.25, 0.3) is 0 Å². The normalized spacial score (nSPS) is 40.4. The molecule has 3 fully saturated rings. The third kappa shape index (κ3) is 2.04. The van der Waals surface area contributed by atoms with Gasteiger partial charge in [-0.25, -0.2) is 0 Å². The number of ether oxygens (including phenoxy) is 1. The van der Waals surface area contributed by atoms with Crippen LogP contribution in [0.15, 0.2) is 0 Å². The van der Waals surface area contributed by atoms with E-state index >= 15 is 0 Å². The van der Waals surface area contributed by atoms with Gasteiger partial charge in [0, 0.05) is 13.7 Å². The van der Waals surface area contributed by atoms with Gasteiger partial charge in [0.1, 0.15) is 0 Å². The van der Waals surface area contributed by atoms with Gasteiger partial charge in [-0.05, 0) is 68.4 Å². The summed E-state index contributed by atoms with van der Waals surface area (Å²) in [5, 5.41) is 3.55. The first kappa shape index (κ1) is 12.0. The van der Waals surface area contributed by atoms with Gasteiger partial charge in [0.15, 0.2) is 0 Å². The predicted octanol–water partition coefficient (Wildman–Crippen LogP) is 2.83. The molecular weight excluding hydrogens is 210 g/mol. The fourth-order valence-corrected chi connectivity index (χ4v) is 5.21. The lowest BCUT2D eigenvalue weighted by molar-refractivity contribution is 0.0842. The Labute approximate surface area is 105 Å². The molecule has 1 heterocycles. The van der Waals surface area contributed by atoms with E-state index in [2.05, 4.69) is 5.32 Å². The monoisotopic (exact) mass is 237 g/mol. The van der Waals surface area contributed by atoms with Crippen LogP contribution in [0.2, 0.25) is 0 Å². The maximum absolute atomic E-state index is 5.49. The molecule has 0 amide bonds. The van der Waals surface area contributed by atoms with Crippen molar-refractivity contribution in [2.75, 3.05) is 26.8 Å². The molecule has 0 aromatic heterocycles. The Bertz CT molecular complexity index is 260. The van der Waals surface area contributed by atoms with Crippen LogP contribution >= 0.6 is 0 Å². The molecule has 17 heavy (non-hydrogen) atoms. The van der Waals surface area contributed by atoms with Gasteiger partial charge in [-0.3, -0.25) is 0 Å². The Morgan fingerprint density at radius 2 is 1.94 bits per heavy atom. The second kappa shape index (κ2) is 4.89. The standard InChI is InChI=1S/C15H27NO/c1-17-11-12-10-15(6-8-16-9-7-15)14-5-3-2-4-13(12)14/h12-14,16H,2-11H2,1H3. The average molecular weight is 237 g/mol. The minimum atomic E-state index is 0.694. The SMILES string of the molecule is COCC1CC2(CCNCC2)C2CCCCC12. The van der Waals surface area contributed by atoms with Gasteiger partial charge >= 0.3 is 0 Å². The molecule has 1 N–H and O–H groups in total. The Hall–Kier alpha value is -0.0800. The summed E-state index contributed by atoms with van der Waals surface area (Å²) in [6, 6.07) is 0. The zero-order valence-corrected chi connectivity index (χ0v) is 11.2. The molecule has 1 spiro atoms. The minimum absolute atomic E-state index is 0.694. The summed E-state index contributed by atoms with van der Waals surface area (Å²) in [6.45, 7) is 3.52. The summed E-state index contributed by atoms with van der Waals surface area (Å²) in [6.07, 6.45) is 10.2. The second-order valence-electron chi connectivity index (χ2n) is 6.59. The van der Waals surface area contributed by atoms with Crippen molar-refractivity contribution in [1.29, 1.82) is 0 Å². The van der Waals surface area contributed by atoms with Gasteiger partial charge < -0.3 is 10.1 Å². The topological polar surface area (TPSA) is 21.3 Å². The Morgan fingerprint density at radius 1 is 1.18 bits per heavy atom. The van der Waals surface area contributed by atoms with E-state index in [-0.39, 0.29) is 0 Å². The molecule has 0 bridgehead atoms. The summed E-state index contributed by atoms with van der Waals surface area (Å²) in [4.78, 5) is 0. The first-order valence-electron chi connectivity index (χ1n) is 7.55. The van der Waals surface area contributed by atoms with Gasteiger partial charge in [-0.1, -0.05) is 12.8 Å². The minimum Gasteiger partial charge on any atom is -0.384 e. The maximum Gasteiger partial charge on any atom is 0.0493 e. The van der Waals surface area contributed by atoms with Crippen molar-refractivity contribution >= 4 is 0 Å². The van der Waals surface area contributed by atoms with E-state index < -0.39 is 0 Å². The highest BCUT2D eigenvalue weighted by Crippen LogP contribution is 2.59. The molecule has 2 aliphatic carbocycles. The van der Waals surface area contributed by atoms with Crippen LogP contribution < -0.4 is 5.32 Å². The smallest absolute Gasteiger partial charge is 0.0493 e. The molecule has 98 valence electrons. The Balaban J connectivity index is 1.79. The van der Waals surface area contributed by atoms with Crippen molar-refractivity contribution in [2.24, 2.45) is 23.2 Å². The molecule has 1 aliphatic heterocycles. The molecule has 0 radical (unpaired) electrons. The largest absolute Gasteiger partial charge is 0.384 e. The number of methoxy groups -OCH3 is 1. The molecule has 2 saturated carbocycles. The number of fused-ring (bicyclic) bond motifs is 2. The predicted molar refractivity (Wildman–Crippen MR) is 70.0 cm³/mol. The van der Waals surface area contributed by atoms with E-state index in [0.717, 1.165) is 24.4 Å². The second-order valence-corrected chi connectivity index (χ2v) is 6.59. The quantitative estimate of drug-likeness (QED) is 0.797. The Morgan fingerprint density at radius 3 is 2.71 bits per heavy atom. The van der Waals surface area contributed by atoms with Crippen LogP contribution in [0, 0.1) is 23.2 Å². The van der Waals surface area contributed by atoms with Crippen LogP contribution in [0.5, 0.6) is 0 Å². The highest BCUT2D eigenvalue weighted by Gasteiger charge is 2.53. The van der Waals surface area contributed by atoms with E-state index in [1.165, 1.54) is 58.0 Å². The molecule has 3 atom stereocenters. The van der Waals surface area contributed by atoms with Crippen LogP contribution in [0.1, 0.15) is 44.9 Å². The summed E-state index contributed by atoms with van der Waals surface area (Å²) < 4.78 is 5.49. The van der Waals surface area contributed by atoms with Crippen molar-refractivity contribution in [3.63, 3.8) is 0 Å². The number of hydrogen-bond acceptors (Lipinski definition) is 2. The third-order valence-corrected chi connectivity index (χ3v) is 5.86. The molecular formula is C15H27NO. The van der Waals surface area contributed by atoms with Crippen LogP contribution in [0.4, 0.5) is 0 Å². The molecule has 2 nitrogen and oxygen atoms in total. The van der Waals surface area contributed by atoms with E-state index in [9.17, 15) is 0 Å². The lowest BCUT2D eigenvalue weighted by atomic mass is 9.65. The van der Waals surface area contributed by atoms with Gasteiger partial charge in [0.2, 0.25) is 0 Å². The van der Waals surface area contributed by atoms with Crippen molar-refractivity contribution < 1.29 is 4.74 Å². The summed E-state index contributed by atoms with van der Waals surface area (Å²) in [5.41, 5.74) is 0.694. The van der Waals surface area contributed by atoms with Crippen molar-refractivity contribution in [3.8, 4) is 0 Å². The fourth-order valence-electron chi connectivity index (χ4n) is 5.21. The van der Waals surface area contributed by atoms with Crippen LogP contribution in [-0.4, -0.2) is 26.8 Å². The van der Waals surface area contributed by atoms with Gasteiger partial charge in [-0.2, -0.15) is 0 Å². The first-order valence-corrected chi connectivity index (χ1v) is 7.55. The Kier molecular flexibility index (Phi) is 3.45. The zero-order valence-electron chi connectivity index (χ0n) is 11.2. The molecule has 3 unspecified atom stereocenters. The average Bonchev–Trinajstić information content (AvgIpc) is 2.66. The van der Waals surface area contributed by atoms with E-state index in [4.69, 9.17) is 4.74 Å². The summed E-state index contributed by atoms with van der Waals surface area (Å²) in [5.74, 6) is 2.88. The first-order chi connectivity index (χ1) is 8.36. The maximum atomic E-state index is 5.49. The fraction of sp³-hybridized carbons (Fsp3) is 1.00. The summed E-state index contributed by atoms with van der Waals surface area (Å²) >= 11 is 0. The van der Waals surface area contributed by atoms with Crippen LogP contribution in [-0.2, 0) is 4.74 Å². The van der Waals surface area contributed by atoms with Crippen molar-refractivity contribution in [2.45, 2.75) is 44.9 Å². The highest BCUT2D eigenvalue weighted by molar-refractivity contribution is 5.03. The summed E-state index contributed by atoms with van der Waals surface area (Å²) in [7, 11) is 1.88. The van der Waals surface area contributed by atoms with Gasteiger partial charge in [-0.15, -0.1) is 0 Å². The van der Waals surface area contributed by atoms with Gasteiger partial charge in [0.05, 0.1) is 0 Å². The van der Waals surface area contributed by atoms with E-state index in [1.807, 2.05) is 7.11 Å². The zero-order chi connectivity index (χ0) is 11.7. The number of piperidine rings is 1. The number of hydrogen-bond donors (Lipinski definition) is 1. The number of rotatable bonds is 2. The molecule has 2 heteroatoms. The lowest BCUT2D eigenvalue weighted by Crippen LogP contribution is -2.40. The number of nitrogens with one attached hydrogen (secondary N) is 1. The molecule has 3 aliphatic rings.